The molecule has 0 saturated heterocycles. The summed E-state index contributed by atoms with van der Waals surface area (Å²) in [7, 11) is 1.70. The number of benzene rings is 1. The predicted octanol–water partition coefficient (Wildman–Crippen LogP) is 2.32. The van der Waals surface area contributed by atoms with E-state index in [1.807, 2.05) is 13.0 Å². The average molecular weight is 437 g/mol. The molecule has 0 unspecified atom stereocenters. The lowest BCUT2D eigenvalue weighted by Crippen LogP contribution is -2.50. The highest BCUT2D eigenvalue weighted by molar-refractivity contribution is 5.98. The Morgan fingerprint density at radius 1 is 1.41 bits per heavy atom. The van der Waals surface area contributed by atoms with E-state index in [0.717, 1.165) is 5.56 Å². The Balaban J connectivity index is 2.07. The molecule has 168 valence electrons. The number of ether oxygens (including phenoxy) is 1. The van der Waals surface area contributed by atoms with Crippen LogP contribution in [0.4, 0.5) is 0 Å². The van der Waals surface area contributed by atoms with Crippen molar-refractivity contribution in [2.45, 2.75) is 32.9 Å². The second-order valence-electron chi connectivity index (χ2n) is 8.29. The number of carbonyl (C=O) groups is 2. The zero-order valence-electron chi connectivity index (χ0n) is 18.8. The molecular weight excluding hydrogens is 408 g/mol. The van der Waals surface area contributed by atoms with Crippen molar-refractivity contribution in [2.24, 2.45) is 5.92 Å². The maximum atomic E-state index is 13.5. The fourth-order valence-corrected chi connectivity index (χ4v) is 3.64. The Labute approximate surface area is 188 Å². The minimum atomic E-state index is -0.396. The Kier molecular flexibility index (Phi) is 7.11. The summed E-state index contributed by atoms with van der Waals surface area (Å²) < 4.78 is 6.17. The molecule has 0 spiro atoms. The Morgan fingerprint density at radius 2 is 2.16 bits per heavy atom. The number of hydrogen-bond donors (Lipinski definition) is 1. The first-order chi connectivity index (χ1) is 15.2. The smallest absolute Gasteiger partial charge is 0.259 e. The van der Waals surface area contributed by atoms with Gasteiger partial charge in [0.2, 0.25) is 11.8 Å². The molecule has 1 aromatic carbocycles. The van der Waals surface area contributed by atoms with E-state index >= 15 is 0 Å². The predicted molar refractivity (Wildman–Crippen MR) is 119 cm³/mol. The highest BCUT2D eigenvalue weighted by atomic mass is 16.5. The van der Waals surface area contributed by atoms with E-state index in [4.69, 9.17) is 4.74 Å². The van der Waals surface area contributed by atoms with Gasteiger partial charge in [0.25, 0.3) is 5.91 Å². The molecule has 0 saturated carbocycles. The van der Waals surface area contributed by atoms with E-state index in [2.05, 4.69) is 11.1 Å². The number of aromatic nitrogens is 1. The molecule has 32 heavy (non-hydrogen) atoms. The summed E-state index contributed by atoms with van der Waals surface area (Å²) in [6.45, 7) is 5.77. The van der Waals surface area contributed by atoms with Crippen molar-refractivity contribution in [3.63, 3.8) is 0 Å². The first kappa shape index (κ1) is 23.2. The summed E-state index contributed by atoms with van der Waals surface area (Å²) in [5.74, 6) is -0.270. The third kappa shape index (κ3) is 4.89. The van der Waals surface area contributed by atoms with Gasteiger partial charge in [-0.25, -0.2) is 4.98 Å². The van der Waals surface area contributed by atoms with E-state index < -0.39 is 6.04 Å². The molecule has 1 aliphatic rings. The van der Waals surface area contributed by atoms with Crippen molar-refractivity contribution >= 4 is 11.8 Å². The number of nitriles is 1. The van der Waals surface area contributed by atoms with Crippen LogP contribution in [0.2, 0.25) is 0 Å². The maximum Gasteiger partial charge on any atom is 0.259 e. The van der Waals surface area contributed by atoms with Gasteiger partial charge < -0.3 is 19.6 Å². The quantitative estimate of drug-likeness (QED) is 0.771. The molecule has 1 aliphatic heterocycles. The molecule has 0 radical (unpaired) electrons. The SMILES string of the molecule is CC(=O)N(C)C[C@@H]1Oc2ncc(-c3cccc(C#N)c3)cc2C(=O)N([C@H](C)CO)C[C@@H]1C. The number of hydrogen-bond acceptors (Lipinski definition) is 6. The molecule has 3 rings (SSSR count). The number of nitrogens with zero attached hydrogens (tertiary/aromatic N) is 4. The van der Waals surface area contributed by atoms with Crippen LogP contribution in [0.5, 0.6) is 5.88 Å². The van der Waals surface area contributed by atoms with Gasteiger partial charge in [-0.05, 0) is 30.7 Å². The van der Waals surface area contributed by atoms with Gasteiger partial charge in [0.05, 0.1) is 30.8 Å². The molecule has 0 bridgehead atoms. The van der Waals surface area contributed by atoms with Gasteiger partial charge in [-0.2, -0.15) is 5.26 Å². The van der Waals surface area contributed by atoms with E-state index in [1.165, 1.54) is 6.92 Å². The van der Waals surface area contributed by atoms with Crippen molar-refractivity contribution in [3.8, 4) is 23.1 Å². The first-order valence-corrected chi connectivity index (χ1v) is 10.6. The van der Waals surface area contributed by atoms with Gasteiger partial charge in [-0.1, -0.05) is 19.1 Å². The zero-order chi connectivity index (χ0) is 23.4. The Hall–Kier alpha value is -3.44. The molecule has 3 atom stereocenters. The molecule has 1 aromatic heterocycles. The second-order valence-corrected chi connectivity index (χ2v) is 8.29. The molecule has 0 aliphatic carbocycles. The summed E-state index contributed by atoms with van der Waals surface area (Å²) in [5, 5.41) is 19.0. The number of fused-ring (bicyclic) bond motifs is 1. The largest absolute Gasteiger partial charge is 0.472 e. The first-order valence-electron chi connectivity index (χ1n) is 10.6. The van der Waals surface area contributed by atoms with Crippen LogP contribution in [-0.4, -0.2) is 70.6 Å². The lowest BCUT2D eigenvalue weighted by molar-refractivity contribution is -0.129. The lowest BCUT2D eigenvalue weighted by Gasteiger charge is -2.37. The number of aliphatic hydroxyl groups is 1. The van der Waals surface area contributed by atoms with Crippen LogP contribution in [0.3, 0.4) is 0 Å². The molecule has 2 amide bonds. The van der Waals surface area contributed by atoms with E-state index in [0.29, 0.717) is 24.2 Å². The van der Waals surface area contributed by atoms with Gasteiger partial charge in [-0.3, -0.25) is 9.59 Å². The summed E-state index contributed by atoms with van der Waals surface area (Å²) >= 11 is 0. The van der Waals surface area contributed by atoms with Gasteiger partial charge in [-0.15, -0.1) is 0 Å². The van der Waals surface area contributed by atoms with Crippen molar-refractivity contribution in [3.05, 3.63) is 47.7 Å². The maximum absolute atomic E-state index is 13.5. The summed E-state index contributed by atoms with van der Waals surface area (Å²) in [6, 6.07) is 10.5. The van der Waals surface area contributed by atoms with E-state index in [1.54, 1.807) is 54.2 Å². The molecule has 0 fully saturated rings. The number of pyridine rings is 1. The standard InChI is InChI=1S/C24H28N4O4/c1-15-12-28(16(2)14-29)24(31)21-9-20(19-7-5-6-18(8-19)10-25)11-26-23(21)32-22(15)13-27(4)17(3)30/h5-9,11,15-16,22,29H,12-14H2,1-4H3/t15-,16+,22-/m0/s1. The minimum absolute atomic E-state index is 0.0829. The van der Waals surface area contributed by atoms with Gasteiger partial charge in [0, 0.05) is 38.2 Å². The summed E-state index contributed by atoms with van der Waals surface area (Å²) in [4.78, 5) is 32.9. The second kappa shape index (κ2) is 9.79. The highest BCUT2D eigenvalue weighted by Gasteiger charge is 2.34. The van der Waals surface area contributed by atoms with Crippen LogP contribution < -0.4 is 4.74 Å². The van der Waals surface area contributed by atoms with Crippen molar-refractivity contribution in [1.82, 2.24) is 14.8 Å². The van der Waals surface area contributed by atoms with Crippen molar-refractivity contribution in [1.29, 1.82) is 5.26 Å². The molecule has 2 heterocycles. The fraction of sp³-hybridized carbons (Fsp3) is 0.417. The van der Waals surface area contributed by atoms with Crippen LogP contribution in [0, 0.1) is 17.2 Å². The molecule has 8 nitrogen and oxygen atoms in total. The normalized spacial score (nSPS) is 19.1. The van der Waals surface area contributed by atoms with Gasteiger partial charge >= 0.3 is 0 Å². The summed E-state index contributed by atoms with van der Waals surface area (Å²) in [6.07, 6.45) is 1.23. The monoisotopic (exact) mass is 436 g/mol. The average Bonchev–Trinajstić information content (AvgIpc) is 2.80. The lowest BCUT2D eigenvalue weighted by atomic mass is 9.99. The zero-order valence-corrected chi connectivity index (χ0v) is 18.8. The molecule has 1 N–H and O–H groups in total. The van der Waals surface area contributed by atoms with Crippen LogP contribution in [-0.2, 0) is 4.79 Å². The van der Waals surface area contributed by atoms with Crippen LogP contribution in [0.15, 0.2) is 36.5 Å². The van der Waals surface area contributed by atoms with E-state index in [9.17, 15) is 20.0 Å². The molecule has 2 aromatic rings. The number of aliphatic hydroxyl groups excluding tert-OH is 1. The highest BCUT2D eigenvalue weighted by Crippen LogP contribution is 2.30. The Bertz CT molecular complexity index is 1050. The summed E-state index contributed by atoms with van der Waals surface area (Å²) in [5.41, 5.74) is 2.23. The fourth-order valence-electron chi connectivity index (χ4n) is 3.64. The third-order valence-corrected chi connectivity index (χ3v) is 5.84. The van der Waals surface area contributed by atoms with Crippen molar-refractivity contribution in [2.75, 3.05) is 26.7 Å². The molecular formula is C24H28N4O4. The number of rotatable bonds is 5. The number of carbonyl (C=O) groups excluding carboxylic acids is 2. The van der Waals surface area contributed by atoms with Crippen LogP contribution >= 0.6 is 0 Å². The molecule has 8 heteroatoms. The van der Waals surface area contributed by atoms with Gasteiger partial charge in [0.1, 0.15) is 11.7 Å². The minimum Gasteiger partial charge on any atom is -0.472 e. The topological polar surface area (TPSA) is 107 Å². The van der Waals surface area contributed by atoms with Crippen LogP contribution in [0.1, 0.15) is 36.7 Å². The van der Waals surface area contributed by atoms with Gasteiger partial charge in [0.15, 0.2) is 0 Å². The van der Waals surface area contributed by atoms with E-state index in [-0.39, 0.29) is 41.9 Å². The van der Waals surface area contributed by atoms with Crippen molar-refractivity contribution < 1.29 is 19.4 Å². The number of likely N-dealkylation sites (N-methyl/N-ethyl adjacent to an activating group) is 1. The Morgan fingerprint density at radius 3 is 2.81 bits per heavy atom. The number of amides is 2. The third-order valence-electron chi connectivity index (χ3n) is 5.84. The van der Waals surface area contributed by atoms with Crippen LogP contribution in [0.25, 0.3) is 11.1 Å².